The van der Waals surface area contributed by atoms with Crippen molar-refractivity contribution in [1.29, 1.82) is 0 Å². The number of benzene rings is 1. The number of rotatable bonds is 2. The van der Waals surface area contributed by atoms with Crippen LogP contribution in [0.1, 0.15) is 38.7 Å². The van der Waals surface area contributed by atoms with E-state index in [1.807, 2.05) is 0 Å². The fraction of sp³-hybridized carbons (Fsp3) is 0.600. The molecule has 1 aromatic rings. The maximum Gasteiger partial charge on any atom is 0.120 e. The Bertz CT molecular complexity index is 429. The second kappa shape index (κ2) is 3.94. The molecule has 1 saturated carbocycles. The molecule has 1 fully saturated rings. The first kappa shape index (κ1) is 10.9. The lowest BCUT2D eigenvalue weighted by atomic mass is 10.0. The lowest BCUT2D eigenvalue weighted by Crippen LogP contribution is -2.28. The van der Waals surface area contributed by atoms with Crippen molar-refractivity contribution in [3.05, 3.63) is 23.8 Å². The standard InChI is InChI=1S/C15H21NO/c1-11-5-7-15(2,10-11)17-13-3-4-14-12(9-13)6-8-16-14/h3-4,9,11,16H,5-8,10H2,1-2H3. The second-order valence-electron chi connectivity index (χ2n) is 5.90. The summed E-state index contributed by atoms with van der Waals surface area (Å²) >= 11 is 0. The molecule has 2 aliphatic rings. The highest BCUT2D eigenvalue weighted by Gasteiger charge is 2.35. The number of nitrogens with one attached hydrogen (secondary N) is 1. The summed E-state index contributed by atoms with van der Waals surface area (Å²) in [6.45, 7) is 5.64. The molecule has 1 aliphatic heterocycles. The van der Waals surface area contributed by atoms with Gasteiger partial charge < -0.3 is 10.1 Å². The van der Waals surface area contributed by atoms with Gasteiger partial charge in [-0.15, -0.1) is 0 Å². The summed E-state index contributed by atoms with van der Waals surface area (Å²) in [7, 11) is 0. The molecule has 1 N–H and O–H groups in total. The topological polar surface area (TPSA) is 21.3 Å². The molecule has 1 heterocycles. The predicted molar refractivity (Wildman–Crippen MR) is 70.7 cm³/mol. The second-order valence-corrected chi connectivity index (χ2v) is 5.90. The van der Waals surface area contributed by atoms with Gasteiger partial charge in [-0.05, 0) is 62.3 Å². The van der Waals surface area contributed by atoms with Gasteiger partial charge in [0.05, 0.1) is 0 Å². The zero-order valence-corrected chi connectivity index (χ0v) is 10.8. The van der Waals surface area contributed by atoms with Crippen LogP contribution in [0, 0.1) is 5.92 Å². The van der Waals surface area contributed by atoms with E-state index in [4.69, 9.17) is 4.74 Å². The Labute approximate surface area is 103 Å². The molecule has 1 aromatic carbocycles. The smallest absolute Gasteiger partial charge is 0.120 e. The summed E-state index contributed by atoms with van der Waals surface area (Å²) in [6, 6.07) is 6.47. The highest BCUT2D eigenvalue weighted by molar-refractivity contribution is 5.57. The molecule has 0 saturated heterocycles. The highest BCUT2D eigenvalue weighted by atomic mass is 16.5. The largest absolute Gasteiger partial charge is 0.488 e. The molecule has 0 radical (unpaired) electrons. The molecular weight excluding hydrogens is 210 g/mol. The Morgan fingerprint density at radius 2 is 2.29 bits per heavy atom. The molecule has 2 heteroatoms. The van der Waals surface area contributed by atoms with Gasteiger partial charge in [-0.25, -0.2) is 0 Å². The third-order valence-electron chi connectivity index (χ3n) is 4.10. The van der Waals surface area contributed by atoms with Gasteiger partial charge in [0.2, 0.25) is 0 Å². The number of hydrogen-bond donors (Lipinski definition) is 1. The number of hydrogen-bond acceptors (Lipinski definition) is 2. The van der Waals surface area contributed by atoms with Crippen LogP contribution in [0.25, 0.3) is 0 Å². The third-order valence-corrected chi connectivity index (χ3v) is 4.10. The van der Waals surface area contributed by atoms with Gasteiger partial charge in [0.1, 0.15) is 11.4 Å². The summed E-state index contributed by atoms with van der Waals surface area (Å²) in [5.41, 5.74) is 2.74. The molecular formula is C15H21NO. The Morgan fingerprint density at radius 1 is 1.41 bits per heavy atom. The molecule has 0 spiro atoms. The number of fused-ring (bicyclic) bond motifs is 1. The van der Waals surface area contributed by atoms with Crippen molar-refractivity contribution in [3.8, 4) is 5.75 Å². The summed E-state index contributed by atoms with van der Waals surface area (Å²) in [5.74, 6) is 1.85. The maximum absolute atomic E-state index is 6.23. The quantitative estimate of drug-likeness (QED) is 0.839. The molecule has 2 atom stereocenters. The van der Waals surface area contributed by atoms with Gasteiger partial charge in [0.15, 0.2) is 0 Å². The molecule has 1 aliphatic carbocycles. The van der Waals surface area contributed by atoms with Gasteiger partial charge in [-0.1, -0.05) is 6.92 Å². The average Bonchev–Trinajstić information content (AvgIpc) is 2.85. The molecule has 3 rings (SSSR count). The molecule has 2 unspecified atom stereocenters. The minimum absolute atomic E-state index is 0.0552. The zero-order valence-electron chi connectivity index (χ0n) is 10.8. The van der Waals surface area contributed by atoms with Crippen molar-refractivity contribution in [2.75, 3.05) is 11.9 Å². The lowest BCUT2D eigenvalue weighted by Gasteiger charge is -2.26. The van der Waals surface area contributed by atoms with Crippen LogP contribution in [0.2, 0.25) is 0 Å². The van der Waals surface area contributed by atoms with E-state index >= 15 is 0 Å². The number of anilines is 1. The Hall–Kier alpha value is -1.18. The lowest BCUT2D eigenvalue weighted by molar-refractivity contribution is 0.0928. The van der Waals surface area contributed by atoms with Crippen molar-refractivity contribution < 1.29 is 4.74 Å². The van der Waals surface area contributed by atoms with E-state index in [0.717, 1.165) is 24.6 Å². The third kappa shape index (κ3) is 2.13. The van der Waals surface area contributed by atoms with Crippen LogP contribution in [-0.4, -0.2) is 12.1 Å². The fourth-order valence-electron chi connectivity index (χ4n) is 3.21. The van der Waals surface area contributed by atoms with E-state index < -0.39 is 0 Å². The highest BCUT2D eigenvalue weighted by Crippen LogP contribution is 2.38. The first-order valence-electron chi connectivity index (χ1n) is 6.70. The number of ether oxygens (including phenoxy) is 1. The Balaban J connectivity index is 1.77. The zero-order chi connectivity index (χ0) is 11.9. The van der Waals surface area contributed by atoms with Gasteiger partial charge in [0.25, 0.3) is 0 Å². The van der Waals surface area contributed by atoms with E-state index in [2.05, 4.69) is 37.4 Å². The van der Waals surface area contributed by atoms with Crippen LogP contribution in [0.3, 0.4) is 0 Å². The van der Waals surface area contributed by atoms with Crippen LogP contribution in [0.5, 0.6) is 5.75 Å². The van der Waals surface area contributed by atoms with Crippen molar-refractivity contribution in [2.45, 2.75) is 45.1 Å². The fourth-order valence-corrected chi connectivity index (χ4v) is 3.21. The van der Waals surface area contributed by atoms with Crippen LogP contribution in [-0.2, 0) is 6.42 Å². The molecule has 0 bridgehead atoms. The van der Waals surface area contributed by atoms with E-state index in [0.29, 0.717) is 0 Å². The van der Waals surface area contributed by atoms with Crippen LogP contribution in [0.15, 0.2) is 18.2 Å². The van der Waals surface area contributed by atoms with Crippen molar-refractivity contribution in [3.63, 3.8) is 0 Å². The van der Waals surface area contributed by atoms with Crippen molar-refractivity contribution in [2.24, 2.45) is 5.92 Å². The Kier molecular flexibility index (Phi) is 2.53. The van der Waals surface area contributed by atoms with Crippen LogP contribution in [0.4, 0.5) is 5.69 Å². The summed E-state index contributed by atoms with van der Waals surface area (Å²) in [5, 5.41) is 3.38. The summed E-state index contributed by atoms with van der Waals surface area (Å²) < 4.78 is 6.23. The van der Waals surface area contributed by atoms with E-state index in [9.17, 15) is 0 Å². The predicted octanol–water partition coefficient (Wildman–Crippen LogP) is 3.61. The molecule has 0 aromatic heterocycles. The van der Waals surface area contributed by atoms with Crippen LogP contribution >= 0.6 is 0 Å². The summed E-state index contributed by atoms with van der Waals surface area (Å²) in [4.78, 5) is 0. The van der Waals surface area contributed by atoms with Gasteiger partial charge in [-0.2, -0.15) is 0 Å². The maximum atomic E-state index is 6.23. The van der Waals surface area contributed by atoms with E-state index in [-0.39, 0.29) is 5.60 Å². The van der Waals surface area contributed by atoms with Gasteiger partial charge in [0, 0.05) is 12.2 Å². The minimum Gasteiger partial charge on any atom is -0.488 e. The van der Waals surface area contributed by atoms with Crippen LogP contribution < -0.4 is 10.1 Å². The molecule has 0 amide bonds. The monoisotopic (exact) mass is 231 g/mol. The normalized spacial score (nSPS) is 31.1. The SMILES string of the molecule is CC1CCC(C)(Oc2ccc3c(c2)CCN3)C1. The minimum atomic E-state index is 0.0552. The first-order chi connectivity index (χ1) is 8.15. The van der Waals surface area contributed by atoms with Crippen molar-refractivity contribution in [1.82, 2.24) is 0 Å². The summed E-state index contributed by atoms with van der Waals surface area (Å²) in [6.07, 6.45) is 4.79. The van der Waals surface area contributed by atoms with Gasteiger partial charge >= 0.3 is 0 Å². The average molecular weight is 231 g/mol. The van der Waals surface area contributed by atoms with E-state index in [1.54, 1.807) is 0 Å². The first-order valence-corrected chi connectivity index (χ1v) is 6.70. The Morgan fingerprint density at radius 3 is 3.06 bits per heavy atom. The molecule has 92 valence electrons. The van der Waals surface area contributed by atoms with Crippen molar-refractivity contribution >= 4 is 5.69 Å². The van der Waals surface area contributed by atoms with Gasteiger partial charge in [-0.3, -0.25) is 0 Å². The molecule has 2 nitrogen and oxygen atoms in total. The van der Waals surface area contributed by atoms with E-state index in [1.165, 1.54) is 30.5 Å². The molecule has 17 heavy (non-hydrogen) atoms.